The molecular weight excluding hydrogens is 552 g/mol. The van der Waals surface area contributed by atoms with Gasteiger partial charge in [-0.05, 0) is 6.07 Å². The number of amides is 1. The molecule has 0 unspecified atom stereocenters. The number of rotatable bonds is 10. The van der Waals surface area contributed by atoms with Gasteiger partial charge < -0.3 is 40.3 Å². The van der Waals surface area contributed by atoms with Crippen molar-refractivity contribution in [3.8, 4) is 0 Å². The van der Waals surface area contributed by atoms with Crippen LogP contribution in [0, 0.1) is 0 Å². The zero-order valence-corrected chi connectivity index (χ0v) is 21.1. The normalized spacial score (nSPS) is 30.2. The fraction of sp³-hybridized carbons (Fsp3) is 0.476. The highest BCUT2D eigenvalue weighted by molar-refractivity contribution is 8.14. The molecule has 2 aliphatic heterocycles. The molecule has 0 saturated carbocycles. The summed E-state index contributed by atoms with van der Waals surface area (Å²) in [6.07, 6.45) is -7.84. The summed E-state index contributed by atoms with van der Waals surface area (Å²) in [6.45, 7) is 2.77. The number of aliphatic hydroxyl groups is 5. The molecule has 1 aromatic rings. The Bertz CT molecular complexity index is 1190. The predicted molar refractivity (Wildman–Crippen MR) is 130 cm³/mol. The Morgan fingerprint density at radius 1 is 1.26 bits per heavy atom. The number of hydrogen-bond acceptors (Lipinski definition) is 14. The Balaban J connectivity index is 1.74. The van der Waals surface area contributed by atoms with Crippen molar-refractivity contribution in [2.45, 2.75) is 54.4 Å². The number of nitrogens with zero attached hydrogens (tertiary/aromatic N) is 1. The molecule has 15 nitrogen and oxygen atoms in total. The number of fused-ring (bicyclic) bond motifs is 1. The average molecular weight is 579 g/mol. The van der Waals surface area contributed by atoms with E-state index in [2.05, 4.69) is 21.3 Å². The first-order valence-corrected chi connectivity index (χ1v) is 13.2. The molecule has 2 aliphatic rings. The van der Waals surface area contributed by atoms with Gasteiger partial charge in [0.05, 0.1) is 13.0 Å². The molecule has 38 heavy (non-hydrogen) atoms. The summed E-state index contributed by atoms with van der Waals surface area (Å²) in [4.78, 5) is 25.0. The number of nitrogens with one attached hydrogen (secondary N) is 1. The summed E-state index contributed by atoms with van der Waals surface area (Å²) in [5.74, 6) is -1.88. The summed E-state index contributed by atoms with van der Waals surface area (Å²) in [6, 6.07) is 6.19. The molecule has 0 bridgehead atoms. The molecular formula is C21H26N2O13S2. The van der Waals surface area contributed by atoms with Crippen molar-refractivity contribution in [1.82, 2.24) is 0 Å². The van der Waals surface area contributed by atoms with Crippen LogP contribution in [0.25, 0.3) is 0 Å². The number of oxime groups is 1. The quantitative estimate of drug-likeness (QED) is 0.0412. The maximum atomic E-state index is 12.7. The summed E-state index contributed by atoms with van der Waals surface area (Å²) in [7, 11) is -5.08. The minimum Gasteiger partial charge on any atom is -0.458 e. The van der Waals surface area contributed by atoms with Gasteiger partial charge in [0.25, 0.3) is 5.91 Å². The van der Waals surface area contributed by atoms with Crippen molar-refractivity contribution in [3.05, 3.63) is 42.5 Å². The van der Waals surface area contributed by atoms with Gasteiger partial charge in [0.15, 0.2) is 5.60 Å². The van der Waals surface area contributed by atoms with Crippen LogP contribution in [0.1, 0.15) is 18.4 Å². The van der Waals surface area contributed by atoms with Gasteiger partial charge in [-0.1, -0.05) is 47.8 Å². The highest BCUT2D eigenvalue weighted by atomic mass is 32.3. The Hall–Kier alpha value is -2.61. The van der Waals surface area contributed by atoms with Crippen LogP contribution in [0.3, 0.4) is 0 Å². The zero-order chi connectivity index (χ0) is 28.3. The Morgan fingerprint density at radius 2 is 1.95 bits per heavy atom. The highest BCUT2D eigenvalue weighted by Gasteiger charge is 2.48. The monoisotopic (exact) mass is 578 g/mol. The average Bonchev–Trinajstić information content (AvgIpc) is 3.10. The van der Waals surface area contributed by atoms with Crippen molar-refractivity contribution < 1.29 is 61.8 Å². The number of aliphatic hydroxyl groups excluding tert-OH is 4. The van der Waals surface area contributed by atoms with Gasteiger partial charge in [-0.2, -0.15) is 8.42 Å². The number of ether oxygens (including phenoxy) is 2. The van der Waals surface area contributed by atoms with E-state index in [1.807, 2.05) is 0 Å². The SMILES string of the molecule is C=C[C@@H](C/C(=N\OS(=O)(=O)O)S[C@@H]1O[C@H](CO)[C@@H](O)[C@H](O)[C@H]1O)OC(=O)C[C@]1(O)C(=O)Nc2ccccc21. The van der Waals surface area contributed by atoms with Gasteiger partial charge in [0, 0.05) is 17.7 Å². The van der Waals surface area contributed by atoms with E-state index in [1.54, 1.807) is 12.1 Å². The van der Waals surface area contributed by atoms with Gasteiger partial charge in [-0.25, -0.2) is 4.28 Å². The van der Waals surface area contributed by atoms with Crippen molar-refractivity contribution in [1.29, 1.82) is 0 Å². The molecule has 17 heteroatoms. The first-order chi connectivity index (χ1) is 17.8. The molecule has 0 aromatic heterocycles. The highest BCUT2D eigenvalue weighted by Crippen LogP contribution is 2.38. The van der Waals surface area contributed by atoms with Gasteiger partial charge >= 0.3 is 16.4 Å². The summed E-state index contributed by atoms with van der Waals surface area (Å²) >= 11 is 0.476. The second-order valence-electron chi connectivity index (χ2n) is 8.31. The smallest absolute Gasteiger partial charge is 0.458 e. The fourth-order valence-corrected chi connectivity index (χ4v) is 5.07. The lowest BCUT2D eigenvalue weighted by Crippen LogP contribution is -2.57. The van der Waals surface area contributed by atoms with Crippen LogP contribution in [0.4, 0.5) is 5.69 Å². The minimum atomic E-state index is -5.08. The molecule has 7 N–H and O–H groups in total. The van der Waals surface area contributed by atoms with E-state index in [1.165, 1.54) is 12.1 Å². The van der Waals surface area contributed by atoms with Crippen LogP contribution in [0.15, 0.2) is 42.1 Å². The van der Waals surface area contributed by atoms with E-state index < -0.39 is 83.3 Å². The van der Waals surface area contributed by atoms with Crippen LogP contribution < -0.4 is 5.32 Å². The first kappa shape index (κ1) is 29.9. The third-order valence-corrected chi connectivity index (χ3v) is 7.05. The maximum Gasteiger partial charge on any atom is 0.466 e. The molecule has 7 atom stereocenters. The second kappa shape index (κ2) is 12.1. The predicted octanol–water partition coefficient (Wildman–Crippen LogP) is -1.63. The summed E-state index contributed by atoms with van der Waals surface area (Å²) in [5, 5.41) is 55.8. The minimum absolute atomic E-state index is 0.166. The van der Waals surface area contributed by atoms with Crippen molar-refractivity contribution in [3.63, 3.8) is 0 Å². The van der Waals surface area contributed by atoms with E-state index in [0.29, 0.717) is 17.4 Å². The number of carbonyl (C=O) groups excluding carboxylic acids is 2. The van der Waals surface area contributed by atoms with Crippen molar-refractivity contribution in [2.75, 3.05) is 11.9 Å². The standard InChI is InChI=1S/C21H26N2O13S2/c1-2-10(34-15(25)8-21(30)11-5-3-4-6-12(11)22-20(21)29)7-14(23-36-38(31,32)33)37-19-18(28)17(27)16(26)13(9-24)35-19/h2-6,10,13,16-19,24,26-28,30H,1,7-9H2,(H,22,29)(H,31,32,33)/b23-14+/t10-,13+,16+,17-,18+,19-,21+/m0/s1. The molecule has 1 amide bonds. The number of anilines is 1. The van der Waals surface area contributed by atoms with Crippen LogP contribution in [-0.4, -0.2) is 98.0 Å². The van der Waals surface area contributed by atoms with Gasteiger partial charge in [0.2, 0.25) is 0 Å². The van der Waals surface area contributed by atoms with Gasteiger partial charge in [-0.15, -0.1) is 0 Å². The number of para-hydroxylation sites is 1. The lowest BCUT2D eigenvalue weighted by molar-refractivity contribution is -0.205. The number of carbonyl (C=O) groups is 2. The largest absolute Gasteiger partial charge is 0.466 e. The van der Waals surface area contributed by atoms with Gasteiger partial charge in [-0.3, -0.25) is 14.1 Å². The molecule has 2 heterocycles. The van der Waals surface area contributed by atoms with Crippen LogP contribution in [0.5, 0.6) is 0 Å². The first-order valence-electron chi connectivity index (χ1n) is 10.9. The van der Waals surface area contributed by atoms with Crippen molar-refractivity contribution in [2.24, 2.45) is 5.16 Å². The van der Waals surface area contributed by atoms with E-state index in [4.69, 9.17) is 14.0 Å². The molecule has 3 rings (SSSR count). The van der Waals surface area contributed by atoms with Crippen LogP contribution in [0.2, 0.25) is 0 Å². The lowest BCUT2D eigenvalue weighted by atomic mass is 9.92. The Morgan fingerprint density at radius 3 is 2.58 bits per heavy atom. The molecule has 210 valence electrons. The molecule has 0 spiro atoms. The lowest BCUT2D eigenvalue weighted by Gasteiger charge is -2.39. The number of hydrogen-bond donors (Lipinski definition) is 7. The zero-order valence-electron chi connectivity index (χ0n) is 19.5. The Labute approximate surface area is 220 Å². The van der Waals surface area contributed by atoms with E-state index >= 15 is 0 Å². The van der Waals surface area contributed by atoms with E-state index in [-0.39, 0.29) is 10.6 Å². The van der Waals surface area contributed by atoms with Crippen molar-refractivity contribution >= 4 is 44.8 Å². The maximum absolute atomic E-state index is 12.7. The van der Waals surface area contributed by atoms with E-state index in [0.717, 1.165) is 6.08 Å². The summed E-state index contributed by atoms with van der Waals surface area (Å²) in [5.41, 5.74) is -3.15. The van der Waals surface area contributed by atoms with Gasteiger partial charge in [0.1, 0.15) is 41.0 Å². The van der Waals surface area contributed by atoms with Crippen LogP contribution in [-0.2, 0) is 39.3 Å². The number of esters is 1. The summed E-state index contributed by atoms with van der Waals surface area (Å²) < 4.78 is 45.6. The fourth-order valence-electron chi connectivity index (χ4n) is 3.74. The molecule has 0 radical (unpaired) electrons. The third kappa shape index (κ3) is 6.87. The third-order valence-electron chi connectivity index (χ3n) is 5.65. The Kier molecular flexibility index (Phi) is 9.50. The number of thioether (sulfide) groups is 1. The molecule has 1 saturated heterocycles. The molecule has 1 aromatic carbocycles. The topological polar surface area (TPSA) is 242 Å². The number of benzene rings is 1. The molecule has 1 fully saturated rings. The second-order valence-corrected chi connectivity index (χ2v) is 10.5. The van der Waals surface area contributed by atoms with E-state index in [9.17, 15) is 43.5 Å². The molecule has 0 aliphatic carbocycles. The van der Waals surface area contributed by atoms with Crippen LogP contribution >= 0.6 is 11.8 Å².